The Hall–Kier alpha value is -0.860. The first-order chi connectivity index (χ1) is 5.91. The van der Waals surface area contributed by atoms with Crippen LogP contribution in [0.15, 0.2) is 36.5 Å². The Kier molecular flexibility index (Phi) is 9.41. The lowest BCUT2D eigenvalue weighted by Gasteiger charge is -1.84. The van der Waals surface area contributed by atoms with Gasteiger partial charge in [0.05, 0.1) is 13.2 Å². The van der Waals surface area contributed by atoms with Crippen LogP contribution in [0.5, 0.6) is 0 Å². The van der Waals surface area contributed by atoms with Crippen molar-refractivity contribution in [2.75, 3.05) is 27.4 Å². The second-order valence-electron chi connectivity index (χ2n) is 2.15. The van der Waals surface area contributed by atoms with Crippen LogP contribution in [0.2, 0.25) is 0 Å². The molecule has 0 aromatic rings. The summed E-state index contributed by atoms with van der Waals surface area (Å²) in [5, 5.41) is 0. The van der Waals surface area contributed by atoms with E-state index in [0.717, 1.165) is 0 Å². The first-order valence-corrected chi connectivity index (χ1v) is 3.88. The normalized spacial score (nSPS) is 12.5. The Morgan fingerprint density at radius 2 is 1.17 bits per heavy atom. The van der Waals surface area contributed by atoms with E-state index in [2.05, 4.69) is 0 Å². The lowest BCUT2D eigenvalue weighted by atomic mass is 10.4. The van der Waals surface area contributed by atoms with Crippen molar-refractivity contribution < 1.29 is 9.47 Å². The molecular formula is C10H16O2. The summed E-state index contributed by atoms with van der Waals surface area (Å²) in [6.07, 6.45) is 11.7. The molecule has 0 spiro atoms. The molecule has 0 atom stereocenters. The molecule has 12 heavy (non-hydrogen) atoms. The fraction of sp³-hybridized carbons (Fsp3) is 0.400. The van der Waals surface area contributed by atoms with Crippen molar-refractivity contribution in [1.82, 2.24) is 0 Å². The van der Waals surface area contributed by atoms with Gasteiger partial charge < -0.3 is 9.47 Å². The van der Waals surface area contributed by atoms with Gasteiger partial charge in [0.1, 0.15) is 0 Å². The summed E-state index contributed by atoms with van der Waals surface area (Å²) in [6, 6.07) is 0. The zero-order chi connectivity index (χ0) is 9.07. The maximum atomic E-state index is 4.83. The molecule has 0 aromatic carbocycles. The van der Waals surface area contributed by atoms with Gasteiger partial charge in [-0.05, 0) is 0 Å². The third-order valence-corrected chi connectivity index (χ3v) is 1.13. The minimum atomic E-state index is 0.659. The van der Waals surface area contributed by atoms with Crippen LogP contribution in [0.4, 0.5) is 0 Å². The van der Waals surface area contributed by atoms with Gasteiger partial charge in [-0.1, -0.05) is 36.5 Å². The number of allylic oxidation sites excluding steroid dienone is 4. The highest BCUT2D eigenvalue weighted by Gasteiger charge is 1.68. The van der Waals surface area contributed by atoms with E-state index in [4.69, 9.17) is 9.47 Å². The van der Waals surface area contributed by atoms with Crippen molar-refractivity contribution in [3.8, 4) is 0 Å². The van der Waals surface area contributed by atoms with Crippen LogP contribution in [0.25, 0.3) is 0 Å². The van der Waals surface area contributed by atoms with Crippen LogP contribution in [-0.4, -0.2) is 27.4 Å². The molecule has 0 amide bonds. The summed E-state index contributed by atoms with van der Waals surface area (Å²) in [6.45, 7) is 1.32. The minimum absolute atomic E-state index is 0.659. The van der Waals surface area contributed by atoms with Crippen molar-refractivity contribution in [3.05, 3.63) is 36.5 Å². The molecule has 0 heterocycles. The molecule has 0 fully saturated rings. The van der Waals surface area contributed by atoms with Crippen LogP contribution < -0.4 is 0 Å². The van der Waals surface area contributed by atoms with E-state index in [1.807, 2.05) is 36.5 Å². The average molecular weight is 168 g/mol. The molecule has 0 aliphatic carbocycles. The topological polar surface area (TPSA) is 18.5 Å². The Labute approximate surface area is 74.2 Å². The Balaban J connectivity index is 3.35. The molecule has 0 radical (unpaired) electrons. The predicted molar refractivity (Wildman–Crippen MR) is 51.2 cm³/mol. The van der Waals surface area contributed by atoms with E-state index in [1.54, 1.807) is 14.2 Å². The van der Waals surface area contributed by atoms with E-state index in [0.29, 0.717) is 13.2 Å². The van der Waals surface area contributed by atoms with Crippen molar-refractivity contribution in [2.24, 2.45) is 0 Å². The van der Waals surface area contributed by atoms with Gasteiger partial charge in [0.15, 0.2) is 0 Å². The number of hydrogen-bond acceptors (Lipinski definition) is 2. The third kappa shape index (κ3) is 9.14. The molecule has 0 saturated heterocycles. The molecule has 0 aliphatic heterocycles. The Morgan fingerprint density at radius 1 is 0.750 bits per heavy atom. The highest BCUT2D eigenvalue weighted by molar-refractivity contribution is 5.11. The van der Waals surface area contributed by atoms with Gasteiger partial charge in [-0.25, -0.2) is 0 Å². The molecule has 0 aliphatic rings. The van der Waals surface area contributed by atoms with Gasteiger partial charge in [-0.2, -0.15) is 0 Å². The first kappa shape index (κ1) is 11.1. The maximum absolute atomic E-state index is 4.83. The number of hydrogen-bond donors (Lipinski definition) is 0. The maximum Gasteiger partial charge on any atom is 0.0646 e. The van der Waals surface area contributed by atoms with E-state index in [1.165, 1.54) is 0 Å². The molecule has 0 rings (SSSR count). The minimum Gasteiger partial charge on any atom is -0.381 e. The Morgan fingerprint density at radius 3 is 1.50 bits per heavy atom. The molecule has 68 valence electrons. The van der Waals surface area contributed by atoms with E-state index < -0.39 is 0 Å². The summed E-state index contributed by atoms with van der Waals surface area (Å²) in [5.41, 5.74) is 0. The zero-order valence-electron chi connectivity index (χ0n) is 7.69. The third-order valence-electron chi connectivity index (χ3n) is 1.13. The summed E-state index contributed by atoms with van der Waals surface area (Å²) in [4.78, 5) is 0. The molecule has 0 bridgehead atoms. The molecule has 0 unspecified atom stereocenters. The molecule has 0 aromatic heterocycles. The lowest BCUT2D eigenvalue weighted by molar-refractivity contribution is 0.234. The first-order valence-electron chi connectivity index (χ1n) is 3.88. The van der Waals surface area contributed by atoms with Gasteiger partial charge in [0.25, 0.3) is 0 Å². The predicted octanol–water partition coefficient (Wildman–Crippen LogP) is 1.95. The summed E-state index contributed by atoms with van der Waals surface area (Å²) >= 11 is 0. The smallest absolute Gasteiger partial charge is 0.0646 e. The van der Waals surface area contributed by atoms with Crippen molar-refractivity contribution in [2.45, 2.75) is 0 Å². The lowest BCUT2D eigenvalue weighted by Crippen LogP contribution is -1.79. The van der Waals surface area contributed by atoms with Gasteiger partial charge in [0, 0.05) is 14.2 Å². The van der Waals surface area contributed by atoms with Gasteiger partial charge >= 0.3 is 0 Å². The highest BCUT2D eigenvalue weighted by atomic mass is 16.5. The van der Waals surface area contributed by atoms with E-state index >= 15 is 0 Å². The van der Waals surface area contributed by atoms with E-state index in [9.17, 15) is 0 Å². The molecule has 2 heteroatoms. The summed E-state index contributed by atoms with van der Waals surface area (Å²) in [5.74, 6) is 0. The number of rotatable bonds is 6. The van der Waals surface area contributed by atoms with Gasteiger partial charge in [-0.15, -0.1) is 0 Å². The van der Waals surface area contributed by atoms with Crippen LogP contribution in [-0.2, 0) is 9.47 Å². The van der Waals surface area contributed by atoms with Crippen molar-refractivity contribution >= 4 is 0 Å². The zero-order valence-corrected chi connectivity index (χ0v) is 7.69. The monoisotopic (exact) mass is 168 g/mol. The largest absolute Gasteiger partial charge is 0.381 e. The van der Waals surface area contributed by atoms with Crippen molar-refractivity contribution in [1.29, 1.82) is 0 Å². The molecule has 0 saturated carbocycles. The quantitative estimate of drug-likeness (QED) is 0.564. The van der Waals surface area contributed by atoms with Crippen LogP contribution >= 0.6 is 0 Å². The van der Waals surface area contributed by atoms with Crippen LogP contribution in [0.1, 0.15) is 0 Å². The fourth-order valence-electron chi connectivity index (χ4n) is 0.589. The second kappa shape index (κ2) is 10.1. The fourth-order valence-corrected chi connectivity index (χ4v) is 0.589. The number of methoxy groups -OCH3 is 2. The Bertz CT molecular complexity index is 139. The van der Waals surface area contributed by atoms with Crippen LogP contribution in [0.3, 0.4) is 0 Å². The molecular weight excluding hydrogens is 152 g/mol. The van der Waals surface area contributed by atoms with Gasteiger partial charge in [-0.3, -0.25) is 0 Å². The molecule has 2 nitrogen and oxygen atoms in total. The standard InChI is InChI=1S/C10H16O2/c1-11-9-7-5-3-4-6-8-10-12-2/h3-8H,9-10H2,1-2H3/b4-3+,7-5+,8-6+. The summed E-state index contributed by atoms with van der Waals surface area (Å²) < 4.78 is 9.66. The highest BCUT2D eigenvalue weighted by Crippen LogP contribution is 1.81. The van der Waals surface area contributed by atoms with Crippen LogP contribution in [0, 0.1) is 0 Å². The number of ether oxygens (including phenoxy) is 2. The summed E-state index contributed by atoms with van der Waals surface area (Å²) in [7, 11) is 3.35. The van der Waals surface area contributed by atoms with Crippen molar-refractivity contribution in [3.63, 3.8) is 0 Å². The SMILES string of the molecule is COC/C=C/C=C/C=C/COC. The molecule has 0 N–H and O–H groups in total. The average Bonchev–Trinajstić information content (AvgIpc) is 2.10. The van der Waals surface area contributed by atoms with E-state index in [-0.39, 0.29) is 0 Å². The van der Waals surface area contributed by atoms with Gasteiger partial charge in [0.2, 0.25) is 0 Å². The second-order valence-corrected chi connectivity index (χ2v) is 2.15.